The minimum atomic E-state index is -3.48. The van der Waals surface area contributed by atoms with Crippen LogP contribution in [0, 0.1) is 0 Å². The third-order valence-corrected chi connectivity index (χ3v) is 7.48. The van der Waals surface area contributed by atoms with Crippen LogP contribution in [0.4, 0.5) is 5.69 Å². The molecule has 4 rings (SSSR count). The average Bonchev–Trinajstić information content (AvgIpc) is 2.82. The smallest absolute Gasteiger partial charge is 0.243 e. The average molecular weight is 350 g/mol. The summed E-state index contributed by atoms with van der Waals surface area (Å²) in [6.45, 7) is 5.41. The second kappa shape index (κ2) is 5.54. The summed E-state index contributed by atoms with van der Waals surface area (Å²) in [5.41, 5.74) is 2.87. The highest BCUT2D eigenvalue weighted by Crippen LogP contribution is 2.44. The number of carbonyl (C=O) groups is 1. The Labute approximate surface area is 143 Å². The fraction of sp³-hybridized carbons (Fsp3) is 0.588. The first-order valence-electron chi connectivity index (χ1n) is 8.69. The van der Waals surface area contributed by atoms with Crippen molar-refractivity contribution in [2.45, 2.75) is 30.6 Å². The lowest BCUT2D eigenvalue weighted by Gasteiger charge is -2.30. The molecular formula is C17H24N3O3S+. The number of nitrogens with one attached hydrogen (secondary N) is 1. The number of piperazine rings is 1. The first-order valence-corrected chi connectivity index (χ1v) is 10.1. The first kappa shape index (κ1) is 16.1. The normalized spacial score (nSPS) is 25.2. The van der Waals surface area contributed by atoms with Crippen LogP contribution < -0.4 is 9.80 Å². The molecule has 0 aromatic heterocycles. The topological polar surface area (TPSA) is 62.1 Å². The number of benzene rings is 1. The van der Waals surface area contributed by atoms with Gasteiger partial charge in [0.05, 0.1) is 49.7 Å². The van der Waals surface area contributed by atoms with Gasteiger partial charge in [-0.2, -0.15) is 4.31 Å². The Hall–Kier alpha value is -1.44. The Morgan fingerprint density at radius 1 is 1.17 bits per heavy atom. The molecule has 1 amide bonds. The molecule has 0 saturated carbocycles. The number of rotatable bonds is 2. The Bertz CT molecular complexity index is 798. The monoisotopic (exact) mass is 350 g/mol. The summed E-state index contributed by atoms with van der Waals surface area (Å²) in [6, 6.07) is 3.55. The van der Waals surface area contributed by atoms with Crippen LogP contribution >= 0.6 is 0 Å². The van der Waals surface area contributed by atoms with Crippen molar-refractivity contribution in [3.8, 4) is 0 Å². The molecule has 1 aromatic rings. The number of nitrogens with zero attached hydrogens (tertiary/aromatic N) is 2. The molecule has 130 valence electrons. The number of likely N-dealkylation sites (N-methyl/N-ethyl adjacent to an activating group) is 1. The zero-order valence-electron chi connectivity index (χ0n) is 14.2. The number of aryl methyl sites for hydroxylation is 1. The molecule has 24 heavy (non-hydrogen) atoms. The van der Waals surface area contributed by atoms with Crippen LogP contribution in [0.2, 0.25) is 0 Å². The molecule has 1 fully saturated rings. The van der Waals surface area contributed by atoms with E-state index in [2.05, 4.69) is 7.05 Å². The Morgan fingerprint density at radius 3 is 2.58 bits per heavy atom. The fourth-order valence-corrected chi connectivity index (χ4v) is 5.60. The van der Waals surface area contributed by atoms with E-state index in [-0.39, 0.29) is 11.8 Å². The molecule has 3 aliphatic heterocycles. The van der Waals surface area contributed by atoms with Gasteiger partial charge in [0.15, 0.2) is 0 Å². The number of hydrogen-bond donors (Lipinski definition) is 1. The van der Waals surface area contributed by atoms with Crippen molar-refractivity contribution in [2.75, 3.05) is 44.7 Å². The van der Waals surface area contributed by atoms with Crippen LogP contribution in [0.15, 0.2) is 17.0 Å². The summed E-state index contributed by atoms with van der Waals surface area (Å²) >= 11 is 0. The van der Waals surface area contributed by atoms with E-state index in [4.69, 9.17) is 0 Å². The lowest BCUT2D eigenvalue weighted by atomic mass is 9.97. The Kier molecular flexibility index (Phi) is 3.71. The van der Waals surface area contributed by atoms with Gasteiger partial charge in [0.25, 0.3) is 0 Å². The number of amides is 1. The van der Waals surface area contributed by atoms with E-state index in [0.29, 0.717) is 18.0 Å². The molecule has 0 aliphatic carbocycles. The van der Waals surface area contributed by atoms with E-state index in [1.54, 1.807) is 16.4 Å². The largest absolute Gasteiger partial charge is 0.335 e. The van der Waals surface area contributed by atoms with Gasteiger partial charge in [-0.25, -0.2) is 8.42 Å². The standard InChI is InChI=1S/C17H23N3O3S/c1-12-15-11-14(24(22,23)19-8-6-18(2)7-9-19)10-13-4-3-5-20(16(13)15)17(12)21/h10-12H,3-9H2,1-2H3/p+1/t12-/m0/s1. The van der Waals surface area contributed by atoms with E-state index in [0.717, 1.165) is 49.3 Å². The van der Waals surface area contributed by atoms with Gasteiger partial charge >= 0.3 is 0 Å². The second-order valence-corrected chi connectivity index (χ2v) is 9.13. The molecular weight excluding hydrogens is 326 g/mol. The molecule has 6 nitrogen and oxygen atoms in total. The van der Waals surface area contributed by atoms with E-state index < -0.39 is 10.0 Å². The van der Waals surface area contributed by atoms with Crippen LogP contribution in [0.25, 0.3) is 0 Å². The molecule has 7 heteroatoms. The molecule has 1 N–H and O–H groups in total. The number of carbonyl (C=O) groups excluding carboxylic acids is 1. The molecule has 3 aliphatic rings. The molecule has 1 atom stereocenters. The molecule has 1 aromatic carbocycles. The quantitative estimate of drug-likeness (QED) is 0.790. The minimum Gasteiger partial charge on any atom is -0.335 e. The Morgan fingerprint density at radius 2 is 1.88 bits per heavy atom. The number of anilines is 1. The highest BCUT2D eigenvalue weighted by Gasteiger charge is 2.39. The zero-order valence-corrected chi connectivity index (χ0v) is 15.0. The zero-order chi connectivity index (χ0) is 17.1. The number of quaternary nitrogens is 1. The molecule has 0 spiro atoms. The summed E-state index contributed by atoms with van der Waals surface area (Å²) in [7, 11) is -1.40. The van der Waals surface area contributed by atoms with E-state index >= 15 is 0 Å². The van der Waals surface area contributed by atoms with Crippen LogP contribution in [-0.2, 0) is 21.2 Å². The lowest BCUT2D eigenvalue weighted by molar-refractivity contribution is -0.883. The highest BCUT2D eigenvalue weighted by molar-refractivity contribution is 7.89. The number of hydrogen-bond acceptors (Lipinski definition) is 3. The first-order chi connectivity index (χ1) is 11.4. The van der Waals surface area contributed by atoms with Crippen LogP contribution in [-0.4, -0.2) is 58.4 Å². The maximum atomic E-state index is 13.1. The van der Waals surface area contributed by atoms with E-state index in [9.17, 15) is 13.2 Å². The van der Waals surface area contributed by atoms with Gasteiger partial charge in [-0.05, 0) is 43.0 Å². The molecule has 3 heterocycles. The summed E-state index contributed by atoms with van der Waals surface area (Å²) < 4.78 is 27.7. The van der Waals surface area contributed by atoms with Gasteiger partial charge < -0.3 is 9.80 Å². The van der Waals surface area contributed by atoms with Gasteiger partial charge in [-0.1, -0.05) is 0 Å². The highest BCUT2D eigenvalue weighted by atomic mass is 32.2. The van der Waals surface area contributed by atoms with Gasteiger partial charge in [-0.15, -0.1) is 0 Å². The fourth-order valence-electron chi connectivity index (χ4n) is 4.07. The molecule has 0 unspecified atom stereocenters. The van der Waals surface area contributed by atoms with Gasteiger partial charge in [0.1, 0.15) is 0 Å². The van der Waals surface area contributed by atoms with Crippen molar-refractivity contribution in [1.29, 1.82) is 0 Å². The van der Waals surface area contributed by atoms with Crippen molar-refractivity contribution >= 4 is 21.6 Å². The van der Waals surface area contributed by atoms with Crippen molar-refractivity contribution in [3.63, 3.8) is 0 Å². The molecule has 0 radical (unpaired) electrons. The van der Waals surface area contributed by atoms with Crippen LogP contribution in [0.5, 0.6) is 0 Å². The SMILES string of the molecule is C[C@@H]1C(=O)N2CCCc3cc(S(=O)(=O)N4CC[NH+](C)CC4)cc1c32. The summed E-state index contributed by atoms with van der Waals surface area (Å²) in [6.07, 6.45) is 1.74. The third-order valence-electron chi connectivity index (χ3n) is 5.61. The summed E-state index contributed by atoms with van der Waals surface area (Å²) in [5, 5.41) is 0. The summed E-state index contributed by atoms with van der Waals surface area (Å²) in [4.78, 5) is 16.0. The van der Waals surface area contributed by atoms with Crippen molar-refractivity contribution in [1.82, 2.24) is 4.31 Å². The van der Waals surface area contributed by atoms with E-state index in [1.165, 1.54) is 4.90 Å². The predicted molar refractivity (Wildman–Crippen MR) is 90.9 cm³/mol. The van der Waals surface area contributed by atoms with Gasteiger partial charge in [-0.3, -0.25) is 4.79 Å². The second-order valence-electron chi connectivity index (χ2n) is 7.20. The third kappa shape index (κ3) is 2.29. The van der Waals surface area contributed by atoms with Crippen LogP contribution in [0.3, 0.4) is 0 Å². The van der Waals surface area contributed by atoms with E-state index in [1.807, 2.05) is 11.8 Å². The van der Waals surface area contributed by atoms with Crippen molar-refractivity contribution in [3.05, 3.63) is 23.3 Å². The Balaban J connectivity index is 1.77. The molecule has 0 bridgehead atoms. The molecule has 1 saturated heterocycles. The maximum absolute atomic E-state index is 13.1. The summed E-state index contributed by atoms with van der Waals surface area (Å²) in [5.74, 6) is -0.146. The van der Waals surface area contributed by atoms with Gasteiger partial charge in [0, 0.05) is 6.54 Å². The lowest BCUT2D eigenvalue weighted by Crippen LogP contribution is -3.12. The predicted octanol–water partition coefficient (Wildman–Crippen LogP) is -0.398. The van der Waals surface area contributed by atoms with Gasteiger partial charge in [0.2, 0.25) is 15.9 Å². The maximum Gasteiger partial charge on any atom is 0.243 e. The number of sulfonamides is 1. The van der Waals surface area contributed by atoms with Crippen molar-refractivity contribution in [2.24, 2.45) is 0 Å². The minimum absolute atomic E-state index is 0.101. The van der Waals surface area contributed by atoms with Crippen molar-refractivity contribution < 1.29 is 18.1 Å². The van der Waals surface area contributed by atoms with Crippen LogP contribution in [0.1, 0.15) is 30.4 Å².